The van der Waals surface area contributed by atoms with Gasteiger partial charge in [-0.1, -0.05) is 43.6 Å². The molecule has 0 saturated carbocycles. The Morgan fingerprint density at radius 1 is 0.917 bits per heavy atom. The minimum Gasteiger partial charge on any atom is -0.377 e. The maximum Gasteiger partial charge on any atom is 0.209 e. The summed E-state index contributed by atoms with van der Waals surface area (Å²) in [6, 6.07) is 12.3. The summed E-state index contributed by atoms with van der Waals surface area (Å²) in [4.78, 5) is 2.09. The summed E-state index contributed by atoms with van der Waals surface area (Å²) < 4.78 is 2.08. The standard InChI is InChI=1S/C21H25N2Si/c1-22(2)21-12-16-23(17-13-21)15-8-11-19-9-6-7-10-20(19)14-18-24(3,4)5/h6-7,9-10,12-13,16-17H,15H2,1-5H3/q+1. The SMILES string of the molecule is CN(C)c1cc[n+](CC#Cc2ccccc2C#C[Si](C)(C)C)cc1. The molecule has 2 rings (SSSR count). The summed E-state index contributed by atoms with van der Waals surface area (Å²) in [5, 5.41) is 0. The Bertz CT molecular complexity index is 807. The molecule has 122 valence electrons. The fourth-order valence-electron chi connectivity index (χ4n) is 2.04. The van der Waals surface area contributed by atoms with E-state index in [1.54, 1.807) is 0 Å². The Labute approximate surface area is 147 Å². The molecule has 2 nitrogen and oxygen atoms in total. The minimum absolute atomic E-state index is 0.670. The molecule has 0 aliphatic carbocycles. The molecule has 0 atom stereocenters. The molecule has 0 spiro atoms. The summed E-state index contributed by atoms with van der Waals surface area (Å²) in [6.45, 7) is 7.43. The van der Waals surface area contributed by atoms with Crippen molar-refractivity contribution >= 4 is 13.8 Å². The van der Waals surface area contributed by atoms with Crippen molar-refractivity contribution in [2.45, 2.75) is 26.2 Å². The Balaban J connectivity index is 2.15. The van der Waals surface area contributed by atoms with E-state index in [9.17, 15) is 0 Å². The van der Waals surface area contributed by atoms with E-state index in [0.29, 0.717) is 6.54 Å². The van der Waals surface area contributed by atoms with Crippen LogP contribution in [0.25, 0.3) is 0 Å². The van der Waals surface area contributed by atoms with E-state index >= 15 is 0 Å². The van der Waals surface area contributed by atoms with Gasteiger partial charge in [-0.2, -0.15) is 4.57 Å². The van der Waals surface area contributed by atoms with Gasteiger partial charge >= 0.3 is 0 Å². The summed E-state index contributed by atoms with van der Waals surface area (Å²) in [5.74, 6) is 9.83. The van der Waals surface area contributed by atoms with Gasteiger partial charge in [0.05, 0.1) is 0 Å². The third kappa shape index (κ3) is 5.61. The van der Waals surface area contributed by atoms with Crippen molar-refractivity contribution in [2.75, 3.05) is 19.0 Å². The van der Waals surface area contributed by atoms with Gasteiger partial charge < -0.3 is 4.90 Å². The Morgan fingerprint density at radius 3 is 2.04 bits per heavy atom. The van der Waals surface area contributed by atoms with E-state index < -0.39 is 8.07 Å². The van der Waals surface area contributed by atoms with Crippen LogP contribution in [-0.4, -0.2) is 22.2 Å². The van der Waals surface area contributed by atoms with Crippen LogP contribution in [0.1, 0.15) is 11.1 Å². The molecule has 0 unspecified atom stereocenters. The van der Waals surface area contributed by atoms with Crippen molar-refractivity contribution < 1.29 is 4.57 Å². The highest BCUT2D eigenvalue weighted by Gasteiger charge is 2.07. The van der Waals surface area contributed by atoms with Gasteiger partial charge in [-0.15, -0.1) is 5.54 Å². The van der Waals surface area contributed by atoms with E-state index in [-0.39, 0.29) is 0 Å². The van der Waals surface area contributed by atoms with Gasteiger partial charge in [0.15, 0.2) is 12.4 Å². The minimum atomic E-state index is -1.38. The molecule has 0 radical (unpaired) electrons. The van der Waals surface area contributed by atoms with Crippen LogP contribution in [0, 0.1) is 23.3 Å². The summed E-state index contributed by atoms with van der Waals surface area (Å²) in [7, 11) is 2.70. The second-order valence-corrected chi connectivity index (χ2v) is 11.7. The molecule has 2 aromatic rings. The Kier molecular flexibility index (Phi) is 5.85. The van der Waals surface area contributed by atoms with Crippen molar-refractivity contribution in [3.63, 3.8) is 0 Å². The van der Waals surface area contributed by atoms with Gasteiger partial charge in [-0.25, -0.2) is 0 Å². The molecule has 1 heterocycles. The van der Waals surface area contributed by atoms with Gasteiger partial charge in [0.2, 0.25) is 6.54 Å². The van der Waals surface area contributed by atoms with Gasteiger partial charge in [0, 0.05) is 43.0 Å². The van der Waals surface area contributed by atoms with Crippen LogP contribution in [0.15, 0.2) is 48.8 Å². The normalized spacial score (nSPS) is 10.2. The lowest BCUT2D eigenvalue weighted by atomic mass is 10.1. The smallest absolute Gasteiger partial charge is 0.209 e. The lowest BCUT2D eigenvalue weighted by Gasteiger charge is -2.09. The first-order valence-corrected chi connectivity index (χ1v) is 11.6. The molecular weight excluding hydrogens is 308 g/mol. The van der Waals surface area contributed by atoms with Crippen molar-refractivity contribution in [1.82, 2.24) is 0 Å². The van der Waals surface area contributed by atoms with Crippen molar-refractivity contribution in [3.05, 3.63) is 59.9 Å². The number of anilines is 1. The highest BCUT2D eigenvalue weighted by Crippen LogP contribution is 2.07. The third-order valence-corrected chi connectivity index (χ3v) is 4.25. The van der Waals surface area contributed by atoms with Crippen LogP contribution in [0.3, 0.4) is 0 Å². The lowest BCUT2D eigenvalue weighted by Crippen LogP contribution is -2.32. The number of aromatic nitrogens is 1. The molecule has 0 aliphatic rings. The second kappa shape index (κ2) is 7.86. The molecule has 1 aromatic heterocycles. The first kappa shape index (κ1) is 17.9. The number of pyridine rings is 1. The highest BCUT2D eigenvalue weighted by molar-refractivity contribution is 6.83. The second-order valence-electron chi connectivity index (χ2n) is 6.97. The predicted molar refractivity (Wildman–Crippen MR) is 105 cm³/mol. The Morgan fingerprint density at radius 2 is 1.50 bits per heavy atom. The maximum absolute atomic E-state index is 3.41. The van der Waals surface area contributed by atoms with E-state index in [4.69, 9.17) is 0 Å². The molecule has 0 bridgehead atoms. The van der Waals surface area contributed by atoms with Crippen molar-refractivity contribution in [2.24, 2.45) is 0 Å². The molecule has 1 aromatic carbocycles. The van der Waals surface area contributed by atoms with E-state index in [0.717, 1.165) is 11.1 Å². The topological polar surface area (TPSA) is 7.12 Å². The highest BCUT2D eigenvalue weighted by atomic mass is 28.3. The maximum atomic E-state index is 3.41. The summed E-state index contributed by atoms with van der Waals surface area (Å²) in [6.07, 6.45) is 4.11. The summed E-state index contributed by atoms with van der Waals surface area (Å²) >= 11 is 0. The molecule has 0 amide bonds. The zero-order valence-electron chi connectivity index (χ0n) is 15.2. The predicted octanol–water partition coefficient (Wildman–Crippen LogP) is 3.32. The number of benzene rings is 1. The largest absolute Gasteiger partial charge is 0.377 e. The number of hydrogen-bond donors (Lipinski definition) is 0. The molecule has 0 fully saturated rings. The quantitative estimate of drug-likeness (QED) is 0.464. The van der Waals surface area contributed by atoms with Gasteiger partial charge in [-0.3, -0.25) is 0 Å². The van der Waals surface area contributed by atoms with E-state index in [1.807, 2.05) is 32.3 Å². The lowest BCUT2D eigenvalue weighted by molar-refractivity contribution is -0.684. The first-order chi connectivity index (χ1) is 11.3. The Hall–Kier alpha value is -2.49. The van der Waals surface area contributed by atoms with Crippen LogP contribution in [0.4, 0.5) is 5.69 Å². The van der Waals surface area contributed by atoms with Gasteiger partial charge in [0.1, 0.15) is 8.07 Å². The summed E-state index contributed by atoms with van der Waals surface area (Å²) in [5.41, 5.74) is 6.64. The molecule has 24 heavy (non-hydrogen) atoms. The third-order valence-electron chi connectivity index (χ3n) is 3.37. The van der Waals surface area contributed by atoms with Crippen molar-refractivity contribution in [1.29, 1.82) is 0 Å². The molecule has 0 saturated heterocycles. The average Bonchev–Trinajstić information content (AvgIpc) is 2.53. The molecule has 0 N–H and O–H groups in total. The zero-order valence-corrected chi connectivity index (χ0v) is 16.2. The molecule has 0 aliphatic heterocycles. The van der Waals surface area contributed by atoms with Crippen LogP contribution in [0.5, 0.6) is 0 Å². The first-order valence-electron chi connectivity index (χ1n) is 8.13. The fourth-order valence-corrected chi connectivity index (χ4v) is 2.54. The number of rotatable bonds is 2. The van der Waals surface area contributed by atoms with E-state index in [2.05, 4.69) is 83.0 Å². The van der Waals surface area contributed by atoms with E-state index in [1.165, 1.54) is 5.69 Å². The van der Waals surface area contributed by atoms with Crippen LogP contribution in [0.2, 0.25) is 19.6 Å². The average molecular weight is 334 g/mol. The molecular formula is C21H25N2Si+. The van der Waals surface area contributed by atoms with Crippen LogP contribution in [-0.2, 0) is 6.54 Å². The van der Waals surface area contributed by atoms with Gasteiger partial charge in [-0.05, 0) is 18.1 Å². The van der Waals surface area contributed by atoms with Crippen molar-refractivity contribution in [3.8, 4) is 23.3 Å². The fraction of sp³-hybridized carbons (Fsp3) is 0.286. The number of hydrogen-bond acceptors (Lipinski definition) is 1. The zero-order chi connectivity index (χ0) is 17.6. The monoisotopic (exact) mass is 333 g/mol. The van der Waals surface area contributed by atoms with Crippen LogP contribution < -0.4 is 9.47 Å². The number of nitrogens with zero attached hydrogens (tertiary/aromatic N) is 2. The molecule has 3 heteroatoms. The van der Waals surface area contributed by atoms with Gasteiger partial charge in [0.25, 0.3) is 0 Å². The van der Waals surface area contributed by atoms with Crippen LogP contribution >= 0.6 is 0 Å².